The molecule has 1 rings (SSSR count). The molecule has 0 aromatic carbocycles. The molecule has 0 bridgehead atoms. The number of rotatable bonds is 5. The zero-order chi connectivity index (χ0) is 12.1. The van der Waals surface area contributed by atoms with Crippen molar-refractivity contribution in [3.8, 4) is 0 Å². The second-order valence-corrected chi connectivity index (χ2v) is 7.84. The van der Waals surface area contributed by atoms with Crippen LogP contribution in [0.25, 0.3) is 0 Å². The molecular weight excluding hydrogens is 234 g/mol. The fourth-order valence-corrected chi connectivity index (χ4v) is 5.77. The summed E-state index contributed by atoms with van der Waals surface area (Å²) >= 11 is 4.36. The Hall–Kier alpha value is 0.660. The molecule has 96 valence electrons. The van der Waals surface area contributed by atoms with Gasteiger partial charge in [0.1, 0.15) is 0 Å². The topological polar surface area (TPSA) is 12.0 Å². The first-order valence-electron chi connectivity index (χ1n) is 6.58. The van der Waals surface area contributed by atoms with E-state index in [9.17, 15) is 0 Å². The van der Waals surface area contributed by atoms with Gasteiger partial charge in [-0.2, -0.15) is 23.5 Å². The van der Waals surface area contributed by atoms with Crippen LogP contribution >= 0.6 is 23.5 Å². The van der Waals surface area contributed by atoms with Gasteiger partial charge < -0.3 is 5.32 Å². The zero-order valence-electron chi connectivity index (χ0n) is 11.3. The molecule has 1 fully saturated rings. The average Bonchev–Trinajstić information content (AvgIpc) is 2.29. The fourth-order valence-electron chi connectivity index (χ4n) is 2.52. The Morgan fingerprint density at radius 3 is 2.25 bits per heavy atom. The summed E-state index contributed by atoms with van der Waals surface area (Å²) < 4.78 is 0. The summed E-state index contributed by atoms with van der Waals surface area (Å²) in [5, 5.41) is 5.99. The summed E-state index contributed by atoms with van der Waals surface area (Å²) in [5.74, 6) is 2.15. The summed E-state index contributed by atoms with van der Waals surface area (Å²) in [6.45, 7) is 9.40. The number of hydrogen-bond acceptors (Lipinski definition) is 3. The smallest absolute Gasteiger partial charge is 0.0297 e. The third-order valence-electron chi connectivity index (χ3n) is 3.86. The molecule has 1 aliphatic rings. The van der Waals surface area contributed by atoms with E-state index in [1.807, 2.05) is 0 Å². The van der Waals surface area contributed by atoms with E-state index in [1.165, 1.54) is 18.6 Å². The molecule has 1 aliphatic heterocycles. The molecule has 4 unspecified atom stereocenters. The fraction of sp³-hybridized carbons (Fsp3) is 1.00. The van der Waals surface area contributed by atoms with Crippen LogP contribution in [0.3, 0.4) is 0 Å². The molecular formula is C13H27NS2. The zero-order valence-corrected chi connectivity index (χ0v) is 13.0. The van der Waals surface area contributed by atoms with Gasteiger partial charge in [-0.25, -0.2) is 0 Å². The van der Waals surface area contributed by atoms with Crippen molar-refractivity contribution in [3.05, 3.63) is 0 Å². The third kappa shape index (κ3) is 3.58. The van der Waals surface area contributed by atoms with Crippen molar-refractivity contribution < 1.29 is 0 Å². The van der Waals surface area contributed by atoms with Gasteiger partial charge in [0.15, 0.2) is 0 Å². The Balaban J connectivity index is 2.59. The minimum absolute atomic E-state index is 0.697. The van der Waals surface area contributed by atoms with Crippen LogP contribution < -0.4 is 5.32 Å². The molecule has 1 nitrogen and oxygen atoms in total. The lowest BCUT2D eigenvalue weighted by Crippen LogP contribution is -2.46. The lowest BCUT2D eigenvalue weighted by Gasteiger charge is -2.38. The highest BCUT2D eigenvalue weighted by Gasteiger charge is 2.33. The van der Waals surface area contributed by atoms with Crippen LogP contribution in [0.4, 0.5) is 0 Å². The first kappa shape index (κ1) is 14.7. The largest absolute Gasteiger partial charge is 0.316 e. The Labute approximate surface area is 110 Å². The summed E-state index contributed by atoms with van der Waals surface area (Å²) in [5.41, 5.74) is 0. The first-order valence-corrected chi connectivity index (χ1v) is 8.57. The molecule has 16 heavy (non-hydrogen) atoms. The molecule has 0 amide bonds. The van der Waals surface area contributed by atoms with Crippen LogP contribution in [0.1, 0.15) is 40.5 Å². The van der Waals surface area contributed by atoms with E-state index in [2.05, 4.69) is 63.6 Å². The van der Waals surface area contributed by atoms with Crippen LogP contribution in [-0.4, -0.2) is 34.6 Å². The quantitative estimate of drug-likeness (QED) is 0.811. The maximum absolute atomic E-state index is 3.57. The predicted octanol–water partition coefficient (Wildman–Crippen LogP) is 3.64. The predicted molar refractivity (Wildman–Crippen MR) is 79.7 cm³/mol. The summed E-state index contributed by atoms with van der Waals surface area (Å²) in [4.78, 5) is 0. The monoisotopic (exact) mass is 261 g/mol. The molecule has 4 atom stereocenters. The van der Waals surface area contributed by atoms with E-state index in [1.54, 1.807) is 0 Å². The van der Waals surface area contributed by atoms with Crippen molar-refractivity contribution in [1.29, 1.82) is 0 Å². The van der Waals surface area contributed by atoms with Crippen molar-refractivity contribution in [2.45, 2.75) is 62.3 Å². The lowest BCUT2D eigenvalue weighted by atomic mass is 9.92. The molecule has 0 aliphatic carbocycles. The maximum Gasteiger partial charge on any atom is 0.0297 e. The Morgan fingerprint density at radius 1 is 1.19 bits per heavy atom. The van der Waals surface area contributed by atoms with Crippen molar-refractivity contribution in [3.63, 3.8) is 0 Å². The maximum atomic E-state index is 3.57. The van der Waals surface area contributed by atoms with Crippen LogP contribution in [0.15, 0.2) is 0 Å². The van der Waals surface area contributed by atoms with Crippen molar-refractivity contribution in [2.75, 3.05) is 12.8 Å². The highest BCUT2D eigenvalue weighted by Crippen LogP contribution is 2.39. The van der Waals surface area contributed by atoms with Gasteiger partial charge >= 0.3 is 0 Å². The van der Waals surface area contributed by atoms with Crippen LogP contribution in [-0.2, 0) is 0 Å². The summed E-state index contributed by atoms with van der Waals surface area (Å²) in [7, 11) is 2.14. The molecule has 1 N–H and O–H groups in total. The first-order chi connectivity index (χ1) is 7.63. The van der Waals surface area contributed by atoms with Gasteiger partial charge in [0.05, 0.1) is 0 Å². The highest BCUT2D eigenvalue weighted by atomic mass is 32.2. The Morgan fingerprint density at radius 2 is 1.81 bits per heavy atom. The lowest BCUT2D eigenvalue weighted by molar-refractivity contribution is 0.350. The second kappa shape index (κ2) is 7.17. The molecule has 0 aromatic heterocycles. The molecule has 1 heterocycles. The molecule has 0 spiro atoms. The van der Waals surface area contributed by atoms with E-state index in [0.717, 1.165) is 21.7 Å². The van der Waals surface area contributed by atoms with Gasteiger partial charge in [-0.15, -0.1) is 0 Å². The normalized spacial score (nSPS) is 33.0. The summed E-state index contributed by atoms with van der Waals surface area (Å²) in [6.07, 6.45) is 2.60. The van der Waals surface area contributed by atoms with E-state index >= 15 is 0 Å². The van der Waals surface area contributed by atoms with Gasteiger partial charge in [0.25, 0.3) is 0 Å². The van der Waals surface area contributed by atoms with Crippen LogP contribution in [0.2, 0.25) is 0 Å². The van der Waals surface area contributed by atoms with Crippen molar-refractivity contribution in [1.82, 2.24) is 5.32 Å². The average molecular weight is 262 g/mol. The Kier molecular flexibility index (Phi) is 6.60. The van der Waals surface area contributed by atoms with Gasteiger partial charge in [0, 0.05) is 27.5 Å². The SMILES string of the molecule is CCC(CC)C(NC)C1CSC(C)C(C)S1. The third-order valence-corrected chi connectivity index (χ3v) is 7.38. The Bertz CT molecular complexity index is 194. The highest BCUT2D eigenvalue weighted by molar-refractivity contribution is 8.07. The van der Waals surface area contributed by atoms with E-state index in [-0.39, 0.29) is 0 Å². The number of hydrogen-bond donors (Lipinski definition) is 1. The van der Waals surface area contributed by atoms with Crippen LogP contribution in [0, 0.1) is 5.92 Å². The van der Waals surface area contributed by atoms with Crippen LogP contribution in [0.5, 0.6) is 0 Å². The second-order valence-electron chi connectivity index (χ2n) is 4.81. The number of nitrogens with one attached hydrogen (secondary N) is 1. The molecule has 0 radical (unpaired) electrons. The van der Waals surface area contributed by atoms with Crippen molar-refractivity contribution in [2.24, 2.45) is 5.92 Å². The van der Waals surface area contributed by atoms with E-state index < -0.39 is 0 Å². The minimum Gasteiger partial charge on any atom is -0.316 e. The van der Waals surface area contributed by atoms with E-state index in [0.29, 0.717) is 6.04 Å². The van der Waals surface area contributed by atoms with Gasteiger partial charge in [-0.1, -0.05) is 40.5 Å². The van der Waals surface area contributed by atoms with Crippen molar-refractivity contribution >= 4 is 23.5 Å². The van der Waals surface area contributed by atoms with E-state index in [4.69, 9.17) is 0 Å². The van der Waals surface area contributed by atoms with Gasteiger partial charge in [-0.3, -0.25) is 0 Å². The van der Waals surface area contributed by atoms with Gasteiger partial charge in [-0.05, 0) is 13.0 Å². The van der Waals surface area contributed by atoms with Gasteiger partial charge in [0.2, 0.25) is 0 Å². The molecule has 0 aromatic rings. The standard InChI is InChI=1S/C13H27NS2/c1-6-11(7-2)13(14-5)12-8-15-9(3)10(4)16-12/h9-14H,6-8H2,1-5H3. The minimum atomic E-state index is 0.697. The number of thioether (sulfide) groups is 2. The molecule has 1 saturated heterocycles. The summed E-state index contributed by atoms with van der Waals surface area (Å²) in [6, 6.07) is 0.697. The molecule has 3 heteroatoms. The molecule has 0 saturated carbocycles.